The van der Waals surface area contributed by atoms with Crippen molar-refractivity contribution in [3.63, 3.8) is 0 Å². The van der Waals surface area contributed by atoms with Gasteiger partial charge in [-0.15, -0.1) is 0 Å². The Bertz CT molecular complexity index is 1640. The number of carbonyl (C=O) groups excluding carboxylic acids is 4. The Morgan fingerprint density at radius 2 is 1.87 bits per heavy atom. The van der Waals surface area contributed by atoms with Crippen LogP contribution in [0, 0.1) is 5.41 Å². The summed E-state index contributed by atoms with van der Waals surface area (Å²) in [6.45, 7) is 9.19. The number of imide groups is 1. The van der Waals surface area contributed by atoms with Crippen LogP contribution in [0.3, 0.4) is 0 Å². The number of methoxy groups -OCH3 is 1. The number of anilines is 4. The Labute approximate surface area is 273 Å². The quantitative estimate of drug-likeness (QED) is 0.218. The second-order valence-electron chi connectivity index (χ2n) is 12.2. The smallest absolute Gasteiger partial charge is 0.257 e. The first-order valence-electron chi connectivity index (χ1n) is 15.0. The molecule has 14 heteroatoms. The van der Waals surface area contributed by atoms with Crippen molar-refractivity contribution in [2.24, 2.45) is 5.41 Å². The predicted molar refractivity (Wildman–Crippen MR) is 179 cm³/mol. The molecule has 4 rings (SSSR count). The number of hydrogen-bond acceptors (Lipinski definition) is 10. The van der Waals surface area contributed by atoms with Crippen molar-refractivity contribution in [3.8, 4) is 5.75 Å². The first kappa shape index (κ1) is 34.5. The molecule has 1 saturated heterocycles. The van der Waals surface area contributed by atoms with E-state index in [1.165, 1.54) is 20.4 Å². The van der Waals surface area contributed by atoms with E-state index < -0.39 is 35.4 Å². The van der Waals surface area contributed by atoms with Crippen molar-refractivity contribution in [1.29, 1.82) is 0 Å². The number of hydrogen-bond donors (Lipinski definition) is 5. The van der Waals surface area contributed by atoms with E-state index in [-0.39, 0.29) is 23.3 Å². The van der Waals surface area contributed by atoms with Gasteiger partial charge in [-0.2, -0.15) is 0 Å². The normalized spacial score (nSPS) is 16.0. The molecule has 1 aromatic heterocycles. The van der Waals surface area contributed by atoms with Crippen LogP contribution >= 0.6 is 11.6 Å². The van der Waals surface area contributed by atoms with E-state index in [0.29, 0.717) is 46.1 Å². The van der Waals surface area contributed by atoms with Crippen molar-refractivity contribution in [2.45, 2.75) is 65.6 Å². The van der Waals surface area contributed by atoms with Gasteiger partial charge in [0, 0.05) is 24.1 Å². The molecule has 2 heterocycles. The van der Waals surface area contributed by atoms with Crippen LogP contribution in [0.2, 0.25) is 5.02 Å². The van der Waals surface area contributed by atoms with Crippen LogP contribution in [-0.4, -0.2) is 72.4 Å². The molecule has 0 bridgehead atoms. The molecule has 13 nitrogen and oxygen atoms in total. The van der Waals surface area contributed by atoms with E-state index in [2.05, 4.69) is 36.6 Å². The highest BCUT2D eigenvalue weighted by Gasteiger charge is 2.42. The minimum atomic E-state index is -1.07. The number of fused-ring (bicyclic) bond motifs is 1. The van der Waals surface area contributed by atoms with Crippen molar-refractivity contribution >= 4 is 69.0 Å². The fourth-order valence-corrected chi connectivity index (χ4v) is 5.28. The molecule has 3 atom stereocenters. The van der Waals surface area contributed by atoms with Gasteiger partial charge in [0.15, 0.2) is 0 Å². The molecular formula is C32H41ClN8O5. The van der Waals surface area contributed by atoms with Crippen LogP contribution in [0.5, 0.6) is 5.75 Å². The summed E-state index contributed by atoms with van der Waals surface area (Å²) in [5, 5.41) is 15.7. The van der Waals surface area contributed by atoms with Crippen molar-refractivity contribution in [3.05, 3.63) is 41.7 Å². The number of aromatic nitrogens is 2. The van der Waals surface area contributed by atoms with Crippen LogP contribution in [0.1, 0.15) is 47.5 Å². The Balaban J connectivity index is 1.87. The van der Waals surface area contributed by atoms with Gasteiger partial charge < -0.3 is 31.3 Å². The summed E-state index contributed by atoms with van der Waals surface area (Å²) in [4.78, 5) is 63.4. The zero-order valence-corrected chi connectivity index (χ0v) is 27.8. The minimum absolute atomic E-state index is 0.166. The average molecular weight is 653 g/mol. The molecule has 0 radical (unpaired) electrons. The Morgan fingerprint density at radius 3 is 2.48 bits per heavy atom. The molecule has 4 amide bonds. The molecule has 1 aliphatic heterocycles. The van der Waals surface area contributed by atoms with Gasteiger partial charge in [0.2, 0.25) is 11.8 Å². The summed E-state index contributed by atoms with van der Waals surface area (Å²) in [5.74, 6) is -1.15. The highest BCUT2D eigenvalue weighted by Crippen LogP contribution is 2.38. The molecule has 1 aliphatic rings. The van der Waals surface area contributed by atoms with E-state index in [4.69, 9.17) is 16.3 Å². The number of carbonyl (C=O) groups is 4. The molecule has 0 spiro atoms. The van der Waals surface area contributed by atoms with Crippen LogP contribution in [0.15, 0.2) is 36.7 Å². The Morgan fingerprint density at radius 1 is 1.13 bits per heavy atom. The number of rotatable bonds is 10. The molecule has 46 heavy (non-hydrogen) atoms. The monoisotopic (exact) mass is 652 g/mol. The van der Waals surface area contributed by atoms with Crippen LogP contribution < -0.4 is 36.2 Å². The minimum Gasteiger partial charge on any atom is -0.494 e. The zero-order chi connectivity index (χ0) is 33.8. The van der Waals surface area contributed by atoms with E-state index in [0.717, 1.165) is 11.3 Å². The first-order valence-corrected chi connectivity index (χ1v) is 15.4. The molecule has 246 valence electrons. The molecule has 0 unspecified atom stereocenters. The fourth-order valence-electron chi connectivity index (χ4n) is 5.11. The molecule has 1 fully saturated rings. The van der Waals surface area contributed by atoms with E-state index in [1.807, 2.05) is 20.8 Å². The van der Waals surface area contributed by atoms with Crippen molar-refractivity contribution in [2.75, 3.05) is 36.2 Å². The number of benzene rings is 2. The summed E-state index contributed by atoms with van der Waals surface area (Å²) < 4.78 is 5.72. The van der Waals surface area contributed by atoms with Crippen molar-refractivity contribution in [1.82, 2.24) is 25.9 Å². The fraction of sp³-hybridized carbons (Fsp3) is 0.438. The topological polar surface area (TPSA) is 167 Å². The summed E-state index contributed by atoms with van der Waals surface area (Å²) in [5.41, 5.74) is 0.847. The number of nitrogens with one attached hydrogen (secondary N) is 5. The average Bonchev–Trinajstić information content (AvgIpc) is 3.55. The summed E-state index contributed by atoms with van der Waals surface area (Å²) in [6, 6.07) is 5.95. The van der Waals surface area contributed by atoms with Gasteiger partial charge in [-0.25, -0.2) is 14.9 Å². The summed E-state index contributed by atoms with van der Waals surface area (Å²) in [7, 11) is 3.09. The first-order chi connectivity index (χ1) is 21.7. The Hall–Kier alpha value is -4.33. The third-order valence-electron chi connectivity index (χ3n) is 7.74. The summed E-state index contributed by atoms with van der Waals surface area (Å²) in [6.07, 6.45) is 2.67. The predicted octanol–water partition coefficient (Wildman–Crippen LogP) is 3.74. The lowest BCUT2D eigenvalue weighted by atomic mass is 9.85. The van der Waals surface area contributed by atoms with Gasteiger partial charge in [-0.05, 0) is 63.0 Å². The number of likely N-dealkylation sites (N-methyl/N-ethyl adjacent to an activating group) is 1. The Kier molecular flexibility index (Phi) is 10.8. The van der Waals surface area contributed by atoms with E-state index >= 15 is 0 Å². The van der Waals surface area contributed by atoms with Gasteiger partial charge in [0.05, 0.1) is 41.1 Å². The third-order valence-corrected chi connectivity index (χ3v) is 8.07. The van der Waals surface area contributed by atoms with Gasteiger partial charge in [0.25, 0.3) is 11.8 Å². The maximum absolute atomic E-state index is 14.6. The highest BCUT2D eigenvalue weighted by molar-refractivity contribution is 6.33. The van der Waals surface area contributed by atoms with Gasteiger partial charge in [-0.3, -0.25) is 19.2 Å². The number of amides is 4. The van der Waals surface area contributed by atoms with Gasteiger partial charge >= 0.3 is 0 Å². The van der Waals surface area contributed by atoms with E-state index in [9.17, 15) is 19.2 Å². The highest BCUT2D eigenvalue weighted by atomic mass is 35.5. The largest absolute Gasteiger partial charge is 0.494 e. The van der Waals surface area contributed by atoms with Crippen molar-refractivity contribution < 1.29 is 23.9 Å². The maximum Gasteiger partial charge on any atom is 0.257 e. The van der Waals surface area contributed by atoms with Crippen LogP contribution in [-0.2, 0) is 19.2 Å². The number of halogens is 1. The molecule has 3 aromatic rings. The second-order valence-corrected chi connectivity index (χ2v) is 12.7. The lowest BCUT2D eigenvalue weighted by Gasteiger charge is -2.36. The van der Waals surface area contributed by atoms with E-state index in [1.54, 1.807) is 44.3 Å². The molecular weight excluding hydrogens is 612 g/mol. The summed E-state index contributed by atoms with van der Waals surface area (Å²) >= 11 is 6.49. The zero-order valence-electron chi connectivity index (χ0n) is 27.1. The number of nitrogens with zero attached hydrogens (tertiary/aromatic N) is 3. The molecule has 5 N–H and O–H groups in total. The SMILES string of the molecule is CN[C@@H](C)C(=O)N[C@H](C(=O)N(C(=O)[C@@H]1CCCN1)c1cc2c(Nc3cc(NC(C)=O)ccc3Cl)ncnc2cc1OC)C(C)(C)C. The molecule has 0 saturated carbocycles. The van der Waals surface area contributed by atoms with Gasteiger partial charge in [-0.1, -0.05) is 32.4 Å². The van der Waals surface area contributed by atoms with Crippen LogP contribution in [0.4, 0.5) is 22.9 Å². The lowest BCUT2D eigenvalue weighted by Crippen LogP contribution is -2.60. The van der Waals surface area contributed by atoms with Crippen LogP contribution in [0.25, 0.3) is 10.9 Å². The second kappa shape index (κ2) is 14.4. The number of ether oxygens (including phenoxy) is 1. The standard InChI is InChI=1S/C32H41ClN8O5/c1-17(34-6)29(43)40-27(32(3,4)5)31(45)41(30(44)22-9-8-12-35-22)25-14-20-23(15-26(25)46-7)36-16-37-28(20)39-24-13-19(38-18(2)42)10-11-21(24)33/h10-11,13-17,22,27,34-35H,8-9,12H2,1-7H3,(H,38,42)(H,40,43)(H,36,37,39)/t17-,22-,27+/m0/s1. The molecule has 2 aromatic carbocycles. The van der Waals surface area contributed by atoms with Gasteiger partial charge in [0.1, 0.15) is 23.9 Å². The lowest BCUT2D eigenvalue weighted by molar-refractivity contribution is -0.134. The maximum atomic E-state index is 14.6. The third kappa shape index (κ3) is 7.72. The molecule has 0 aliphatic carbocycles.